The molecule has 2 aromatic rings. The van der Waals surface area contributed by atoms with Gasteiger partial charge in [0, 0.05) is 26.2 Å². The Hall–Kier alpha value is -2.18. The van der Waals surface area contributed by atoms with Crippen molar-refractivity contribution in [2.75, 3.05) is 20.6 Å². The van der Waals surface area contributed by atoms with E-state index in [-0.39, 0.29) is 10.8 Å². The van der Waals surface area contributed by atoms with Crippen molar-refractivity contribution in [3.63, 3.8) is 0 Å². The molecule has 0 spiro atoms. The summed E-state index contributed by atoms with van der Waals surface area (Å²) in [7, 11) is -0.529. The molecular weight excluding hydrogens is 348 g/mol. The molecule has 140 valence electrons. The van der Waals surface area contributed by atoms with E-state index in [2.05, 4.69) is 43.4 Å². The number of hydrogen-bond donors (Lipinski definition) is 1. The second-order valence-corrected chi connectivity index (χ2v) is 8.87. The van der Waals surface area contributed by atoms with Crippen LogP contribution in [-0.4, -0.2) is 39.3 Å². The van der Waals surface area contributed by atoms with Crippen LogP contribution in [0.4, 0.5) is 0 Å². The van der Waals surface area contributed by atoms with Crippen LogP contribution in [0.5, 0.6) is 0 Å². The van der Waals surface area contributed by atoms with E-state index < -0.39 is 10.0 Å². The summed E-state index contributed by atoms with van der Waals surface area (Å²) in [5.41, 5.74) is 2.91. The number of carbonyl (C=O) groups excluding carboxylic acids is 1. The molecule has 26 heavy (non-hydrogen) atoms. The highest BCUT2D eigenvalue weighted by molar-refractivity contribution is 7.89. The monoisotopic (exact) mass is 374 g/mol. The summed E-state index contributed by atoms with van der Waals surface area (Å²) < 4.78 is 25.2. The molecule has 5 nitrogen and oxygen atoms in total. The summed E-state index contributed by atoms with van der Waals surface area (Å²) in [6, 6.07) is 14.4. The first-order chi connectivity index (χ1) is 12.2. The summed E-state index contributed by atoms with van der Waals surface area (Å²) in [6.07, 6.45) is 0.747. The zero-order valence-electron chi connectivity index (χ0n) is 15.7. The van der Waals surface area contributed by atoms with Gasteiger partial charge in [-0.1, -0.05) is 38.1 Å². The Labute approximate surface area is 156 Å². The molecular formula is C20H26N2O3S. The van der Waals surface area contributed by atoms with Gasteiger partial charge in [0.1, 0.15) is 0 Å². The number of nitrogens with one attached hydrogen (secondary N) is 1. The molecule has 0 bridgehead atoms. The topological polar surface area (TPSA) is 66.5 Å². The van der Waals surface area contributed by atoms with Crippen LogP contribution in [0.15, 0.2) is 53.4 Å². The zero-order valence-corrected chi connectivity index (χ0v) is 16.5. The molecule has 0 radical (unpaired) electrons. The predicted octanol–water partition coefficient (Wildman–Crippen LogP) is 3.03. The molecule has 0 saturated heterocycles. The van der Waals surface area contributed by atoms with Crippen LogP contribution in [0.3, 0.4) is 0 Å². The molecule has 0 aliphatic heterocycles. The number of sulfonamides is 1. The zero-order chi connectivity index (χ0) is 19.3. The van der Waals surface area contributed by atoms with Crippen LogP contribution in [0, 0.1) is 0 Å². The lowest BCUT2D eigenvalue weighted by atomic mass is 10.0. The third kappa shape index (κ3) is 4.93. The quantitative estimate of drug-likeness (QED) is 0.810. The Balaban J connectivity index is 1.92. The Morgan fingerprint density at radius 3 is 2.08 bits per heavy atom. The molecule has 0 unspecified atom stereocenters. The molecule has 0 heterocycles. The number of hydrogen-bond acceptors (Lipinski definition) is 3. The second kappa shape index (κ2) is 8.47. The smallest absolute Gasteiger partial charge is 0.251 e. The number of benzene rings is 2. The number of rotatable bonds is 7. The highest BCUT2D eigenvalue weighted by Gasteiger charge is 2.17. The van der Waals surface area contributed by atoms with Gasteiger partial charge in [-0.3, -0.25) is 4.79 Å². The highest BCUT2D eigenvalue weighted by Crippen LogP contribution is 2.15. The van der Waals surface area contributed by atoms with Crippen LogP contribution >= 0.6 is 0 Å². The van der Waals surface area contributed by atoms with Crippen molar-refractivity contribution >= 4 is 15.9 Å². The van der Waals surface area contributed by atoms with E-state index in [1.807, 2.05) is 0 Å². The van der Waals surface area contributed by atoms with Gasteiger partial charge in [-0.05, 0) is 47.7 Å². The van der Waals surface area contributed by atoms with E-state index in [0.717, 1.165) is 10.7 Å². The van der Waals surface area contributed by atoms with Gasteiger partial charge in [0.25, 0.3) is 5.91 Å². The molecule has 0 aliphatic rings. The number of nitrogens with zero attached hydrogens (tertiary/aromatic N) is 1. The molecule has 0 aliphatic carbocycles. The van der Waals surface area contributed by atoms with Crippen LogP contribution in [0.1, 0.15) is 41.3 Å². The lowest BCUT2D eigenvalue weighted by molar-refractivity contribution is 0.0954. The van der Waals surface area contributed by atoms with Crippen LogP contribution in [-0.2, 0) is 16.4 Å². The van der Waals surface area contributed by atoms with Gasteiger partial charge in [0.15, 0.2) is 0 Å². The maximum atomic E-state index is 12.2. The van der Waals surface area contributed by atoms with E-state index in [4.69, 9.17) is 0 Å². The van der Waals surface area contributed by atoms with E-state index in [1.54, 1.807) is 0 Å². The lowest BCUT2D eigenvalue weighted by Crippen LogP contribution is -2.26. The Bertz CT molecular complexity index is 840. The fourth-order valence-corrected chi connectivity index (χ4v) is 3.38. The van der Waals surface area contributed by atoms with Crippen molar-refractivity contribution in [2.24, 2.45) is 0 Å². The Morgan fingerprint density at radius 2 is 1.58 bits per heavy atom. The normalized spacial score (nSPS) is 11.8. The van der Waals surface area contributed by atoms with Gasteiger partial charge < -0.3 is 5.32 Å². The summed E-state index contributed by atoms with van der Waals surface area (Å²) >= 11 is 0. The van der Waals surface area contributed by atoms with Gasteiger partial charge in [-0.2, -0.15) is 0 Å². The Kier molecular flexibility index (Phi) is 6.56. The lowest BCUT2D eigenvalue weighted by Gasteiger charge is -2.12. The molecule has 2 aromatic carbocycles. The van der Waals surface area contributed by atoms with Crippen molar-refractivity contribution in [1.82, 2.24) is 9.62 Å². The minimum absolute atomic E-state index is 0.171. The first-order valence-corrected chi connectivity index (χ1v) is 10.1. The van der Waals surface area contributed by atoms with E-state index >= 15 is 0 Å². The number of amides is 1. The molecule has 6 heteroatoms. The third-order valence-corrected chi connectivity index (χ3v) is 6.07. The number of carbonyl (C=O) groups is 1. The predicted molar refractivity (Wildman–Crippen MR) is 104 cm³/mol. The van der Waals surface area contributed by atoms with E-state index in [9.17, 15) is 13.2 Å². The van der Waals surface area contributed by atoms with E-state index in [1.165, 1.54) is 49.5 Å². The first-order valence-electron chi connectivity index (χ1n) is 8.61. The minimum Gasteiger partial charge on any atom is -0.352 e. The maximum Gasteiger partial charge on any atom is 0.251 e. The SMILES string of the molecule is CC(C)c1ccc(CCNC(=O)c2ccc(S(=O)(=O)N(C)C)cc2)cc1. The maximum absolute atomic E-state index is 12.2. The van der Waals surface area contributed by atoms with Gasteiger partial charge in [-0.15, -0.1) is 0 Å². The summed E-state index contributed by atoms with van der Waals surface area (Å²) in [4.78, 5) is 12.4. The second-order valence-electron chi connectivity index (χ2n) is 6.71. The summed E-state index contributed by atoms with van der Waals surface area (Å²) in [6.45, 7) is 4.84. The molecule has 0 saturated carbocycles. The van der Waals surface area contributed by atoms with Gasteiger partial charge in [-0.25, -0.2) is 12.7 Å². The van der Waals surface area contributed by atoms with Crippen molar-refractivity contribution in [3.8, 4) is 0 Å². The fraction of sp³-hybridized carbons (Fsp3) is 0.350. The van der Waals surface area contributed by atoms with Crippen molar-refractivity contribution in [2.45, 2.75) is 31.1 Å². The van der Waals surface area contributed by atoms with Gasteiger partial charge >= 0.3 is 0 Å². The summed E-state index contributed by atoms with van der Waals surface area (Å²) in [5, 5.41) is 2.87. The molecule has 0 atom stereocenters. The fourth-order valence-electron chi connectivity index (χ4n) is 2.48. The summed E-state index contributed by atoms with van der Waals surface area (Å²) in [5.74, 6) is 0.292. The molecule has 1 N–H and O–H groups in total. The molecule has 0 fully saturated rings. The van der Waals surface area contributed by atoms with Gasteiger partial charge in [0.05, 0.1) is 4.90 Å². The third-order valence-electron chi connectivity index (χ3n) is 4.24. The van der Waals surface area contributed by atoms with Crippen molar-refractivity contribution < 1.29 is 13.2 Å². The van der Waals surface area contributed by atoms with Crippen LogP contribution in [0.2, 0.25) is 0 Å². The highest BCUT2D eigenvalue weighted by atomic mass is 32.2. The Morgan fingerprint density at radius 1 is 1.00 bits per heavy atom. The van der Waals surface area contributed by atoms with Crippen LogP contribution < -0.4 is 5.32 Å². The average molecular weight is 375 g/mol. The van der Waals surface area contributed by atoms with E-state index in [0.29, 0.717) is 18.0 Å². The van der Waals surface area contributed by atoms with Crippen molar-refractivity contribution in [3.05, 3.63) is 65.2 Å². The standard InChI is InChI=1S/C20H26N2O3S/c1-15(2)17-7-5-16(6-8-17)13-14-21-20(23)18-9-11-19(12-10-18)26(24,25)22(3)4/h5-12,15H,13-14H2,1-4H3,(H,21,23). The van der Waals surface area contributed by atoms with Crippen molar-refractivity contribution in [1.29, 1.82) is 0 Å². The minimum atomic E-state index is -3.48. The van der Waals surface area contributed by atoms with Gasteiger partial charge in [0.2, 0.25) is 10.0 Å². The average Bonchev–Trinajstić information content (AvgIpc) is 2.62. The molecule has 1 amide bonds. The molecule has 2 rings (SSSR count). The largest absolute Gasteiger partial charge is 0.352 e. The van der Waals surface area contributed by atoms with Crippen LogP contribution in [0.25, 0.3) is 0 Å². The molecule has 0 aromatic heterocycles. The first kappa shape index (κ1) is 20.1.